The number of aromatic nitrogens is 1. The minimum atomic E-state index is 0.508. The smallest absolute Gasteiger partial charge is 0.0860 e. The highest BCUT2D eigenvalue weighted by Crippen LogP contribution is 2.17. The molecule has 2 N–H and O–H groups in total. The molecule has 0 radical (unpaired) electrons. The highest BCUT2D eigenvalue weighted by atomic mass is 14.7. The van der Waals surface area contributed by atoms with E-state index in [1.54, 1.807) is 0 Å². The monoisotopic (exact) mass is 184 g/mol. The van der Waals surface area contributed by atoms with Crippen molar-refractivity contribution in [3.8, 4) is 0 Å². The first-order valence-corrected chi connectivity index (χ1v) is 4.49. The number of benzene rings is 1. The summed E-state index contributed by atoms with van der Waals surface area (Å²) in [7, 11) is 0. The lowest BCUT2D eigenvalue weighted by molar-refractivity contribution is 1.31. The Balaban J connectivity index is 2.73. The number of pyridine rings is 1. The Bertz CT molecular complexity index is 501. The van der Waals surface area contributed by atoms with Crippen LogP contribution in [0.1, 0.15) is 11.3 Å². The summed E-state index contributed by atoms with van der Waals surface area (Å²) in [6, 6.07) is 9.98. The summed E-state index contributed by atoms with van der Waals surface area (Å²) in [4.78, 5) is 4.41. The minimum Gasteiger partial charge on any atom is -0.397 e. The van der Waals surface area contributed by atoms with Crippen LogP contribution in [-0.4, -0.2) is 4.98 Å². The van der Waals surface area contributed by atoms with E-state index in [0.717, 1.165) is 16.6 Å². The molecule has 0 atom stereocenters. The van der Waals surface area contributed by atoms with Gasteiger partial charge in [0.15, 0.2) is 0 Å². The number of rotatable bonds is 1. The van der Waals surface area contributed by atoms with E-state index in [2.05, 4.69) is 24.6 Å². The maximum atomic E-state index is 5.59. The van der Waals surface area contributed by atoms with Crippen LogP contribution < -0.4 is 5.73 Å². The summed E-state index contributed by atoms with van der Waals surface area (Å²) in [5.41, 5.74) is 9.04. The van der Waals surface area contributed by atoms with Gasteiger partial charge in [-0.3, -0.25) is 0 Å². The van der Waals surface area contributed by atoms with Crippen molar-refractivity contribution in [2.24, 2.45) is 5.73 Å². The Hall–Kier alpha value is -1.83. The molecule has 0 unspecified atom stereocenters. The van der Waals surface area contributed by atoms with Crippen LogP contribution in [0.4, 0.5) is 0 Å². The molecule has 0 amide bonds. The molecule has 0 aliphatic carbocycles. The molecule has 2 aromatic rings. The number of hydrogen-bond donors (Lipinski definition) is 1. The highest BCUT2D eigenvalue weighted by Gasteiger charge is 2.00. The van der Waals surface area contributed by atoms with Gasteiger partial charge in [-0.05, 0) is 24.6 Å². The van der Waals surface area contributed by atoms with Crippen molar-refractivity contribution in [3.63, 3.8) is 0 Å². The van der Waals surface area contributed by atoms with Crippen molar-refractivity contribution in [3.05, 3.63) is 48.2 Å². The molecular weight excluding hydrogens is 172 g/mol. The van der Waals surface area contributed by atoms with E-state index >= 15 is 0 Å². The van der Waals surface area contributed by atoms with Gasteiger partial charge in [0.25, 0.3) is 0 Å². The number of fused-ring (bicyclic) bond motifs is 1. The summed E-state index contributed by atoms with van der Waals surface area (Å²) in [5, 5.41) is 1.16. The molecule has 0 spiro atoms. The first-order chi connectivity index (χ1) is 6.68. The molecule has 0 aliphatic heterocycles. The van der Waals surface area contributed by atoms with E-state index < -0.39 is 0 Å². The average Bonchev–Trinajstić information content (AvgIpc) is 2.17. The molecule has 1 aromatic carbocycles. The van der Waals surface area contributed by atoms with Gasteiger partial charge < -0.3 is 5.73 Å². The second-order valence-electron chi connectivity index (χ2n) is 3.36. The molecule has 1 heterocycles. The molecule has 2 heteroatoms. The van der Waals surface area contributed by atoms with Gasteiger partial charge in [0.05, 0.1) is 16.9 Å². The van der Waals surface area contributed by atoms with Gasteiger partial charge >= 0.3 is 0 Å². The lowest BCUT2D eigenvalue weighted by Crippen LogP contribution is -1.97. The first-order valence-electron chi connectivity index (χ1n) is 4.49. The minimum absolute atomic E-state index is 0.508. The molecule has 2 rings (SSSR count). The van der Waals surface area contributed by atoms with E-state index in [9.17, 15) is 0 Å². The van der Waals surface area contributed by atoms with Crippen LogP contribution in [0.25, 0.3) is 16.6 Å². The van der Waals surface area contributed by atoms with Crippen molar-refractivity contribution in [1.29, 1.82) is 0 Å². The fourth-order valence-electron chi connectivity index (χ4n) is 1.49. The number of hydrogen-bond acceptors (Lipinski definition) is 2. The third-order valence-electron chi connectivity index (χ3n) is 2.28. The van der Waals surface area contributed by atoms with Crippen molar-refractivity contribution < 1.29 is 0 Å². The number of nitrogens with zero attached hydrogens (tertiary/aromatic N) is 1. The summed E-state index contributed by atoms with van der Waals surface area (Å²) < 4.78 is 0. The van der Waals surface area contributed by atoms with Gasteiger partial charge in [-0.15, -0.1) is 0 Å². The van der Waals surface area contributed by atoms with Crippen LogP contribution in [0.5, 0.6) is 0 Å². The normalized spacial score (nSPS) is 10.4. The van der Waals surface area contributed by atoms with E-state index in [1.807, 2.05) is 24.3 Å². The zero-order valence-corrected chi connectivity index (χ0v) is 8.12. The molecule has 0 saturated heterocycles. The van der Waals surface area contributed by atoms with Crippen LogP contribution in [0.15, 0.2) is 36.9 Å². The zero-order valence-electron chi connectivity index (χ0n) is 8.12. The summed E-state index contributed by atoms with van der Waals surface area (Å²) in [6.07, 6.45) is 0. The van der Waals surface area contributed by atoms with Crippen molar-refractivity contribution in [2.45, 2.75) is 6.92 Å². The SMILES string of the molecule is C=C(N)c1ccc2c(C)cccc2n1. The molecule has 14 heavy (non-hydrogen) atoms. The number of aryl methyl sites for hydroxylation is 1. The summed E-state index contributed by atoms with van der Waals surface area (Å²) in [6.45, 7) is 5.74. The molecule has 2 nitrogen and oxygen atoms in total. The van der Waals surface area contributed by atoms with Crippen molar-refractivity contribution >= 4 is 16.6 Å². The molecule has 70 valence electrons. The Morgan fingerprint density at radius 2 is 2.07 bits per heavy atom. The average molecular weight is 184 g/mol. The highest BCUT2D eigenvalue weighted by molar-refractivity contribution is 5.83. The Labute approximate surface area is 83.1 Å². The van der Waals surface area contributed by atoms with Gasteiger partial charge in [-0.1, -0.05) is 24.8 Å². The van der Waals surface area contributed by atoms with Crippen molar-refractivity contribution in [2.75, 3.05) is 0 Å². The van der Waals surface area contributed by atoms with Crippen molar-refractivity contribution in [1.82, 2.24) is 4.98 Å². The van der Waals surface area contributed by atoms with Gasteiger partial charge in [0.2, 0.25) is 0 Å². The van der Waals surface area contributed by atoms with E-state index in [-0.39, 0.29) is 0 Å². The first kappa shape index (κ1) is 8.75. The Morgan fingerprint density at radius 1 is 1.29 bits per heavy atom. The Morgan fingerprint density at radius 3 is 2.79 bits per heavy atom. The molecule has 0 saturated carbocycles. The number of nitrogens with two attached hydrogens (primary N) is 1. The maximum absolute atomic E-state index is 5.59. The van der Waals surface area contributed by atoms with Crippen LogP contribution in [0, 0.1) is 6.92 Å². The topological polar surface area (TPSA) is 38.9 Å². The molecule has 1 aromatic heterocycles. The van der Waals surface area contributed by atoms with E-state index in [4.69, 9.17) is 5.73 Å². The fourth-order valence-corrected chi connectivity index (χ4v) is 1.49. The van der Waals surface area contributed by atoms with Gasteiger partial charge in [-0.2, -0.15) is 0 Å². The molecular formula is C12H12N2. The fraction of sp³-hybridized carbons (Fsp3) is 0.0833. The van der Waals surface area contributed by atoms with E-state index in [0.29, 0.717) is 5.70 Å². The molecule has 0 bridgehead atoms. The van der Waals surface area contributed by atoms with Gasteiger partial charge in [-0.25, -0.2) is 4.98 Å². The zero-order chi connectivity index (χ0) is 10.1. The van der Waals surface area contributed by atoms with Gasteiger partial charge in [0.1, 0.15) is 0 Å². The summed E-state index contributed by atoms with van der Waals surface area (Å²) in [5.74, 6) is 0. The third-order valence-corrected chi connectivity index (χ3v) is 2.28. The van der Waals surface area contributed by atoms with Crippen LogP contribution in [0.3, 0.4) is 0 Å². The lowest BCUT2D eigenvalue weighted by Gasteiger charge is -2.03. The van der Waals surface area contributed by atoms with E-state index in [1.165, 1.54) is 5.56 Å². The predicted octanol–water partition coefficient (Wildman–Crippen LogP) is 2.47. The standard InChI is InChI=1S/C12H12N2/c1-8-4-3-5-12-10(8)6-7-11(14-12)9(2)13/h3-7H,2,13H2,1H3. The Kier molecular flexibility index (Phi) is 1.97. The maximum Gasteiger partial charge on any atom is 0.0860 e. The quantitative estimate of drug-likeness (QED) is 0.739. The lowest BCUT2D eigenvalue weighted by atomic mass is 10.1. The predicted molar refractivity (Wildman–Crippen MR) is 59.7 cm³/mol. The largest absolute Gasteiger partial charge is 0.397 e. The third kappa shape index (κ3) is 1.35. The second-order valence-corrected chi connectivity index (χ2v) is 3.36. The molecule has 0 fully saturated rings. The van der Waals surface area contributed by atoms with Crippen LogP contribution >= 0.6 is 0 Å². The molecule has 0 aliphatic rings. The van der Waals surface area contributed by atoms with Crippen LogP contribution in [0.2, 0.25) is 0 Å². The van der Waals surface area contributed by atoms with Crippen LogP contribution in [-0.2, 0) is 0 Å². The second kappa shape index (κ2) is 3.14. The summed E-state index contributed by atoms with van der Waals surface area (Å²) >= 11 is 0. The van der Waals surface area contributed by atoms with Gasteiger partial charge in [0, 0.05) is 5.39 Å².